The number of pyridine rings is 1. The van der Waals surface area contributed by atoms with E-state index in [9.17, 15) is 9.59 Å². The van der Waals surface area contributed by atoms with Crippen LogP contribution in [0.5, 0.6) is 5.75 Å². The second kappa shape index (κ2) is 9.78. The molecule has 4 aromatic rings. The van der Waals surface area contributed by atoms with E-state index in [2.05, 4.69) is 27.1 Å². The summed E-state index contributed by atoms with van der Waals surface area (Å²) in [5, 5.41) is 4.94. The summed E-state index contributed by atoms with van der Waals surface area (Å²) in [6, 6.07) is 18.9. The van der Waals surface area contributed by atoms with Crippen molar-refractivity contribution in [2.75, 3.05) is 19.7 Å². The SMILES string of the molecule is CCOc1ccc(C=Nn2cnc3ccccc3c2=O)cc1CN1CC2CC(C1)c1cccc(=O)n1C2. The number of piperidine rings is 1. The molecule has 0 N–H and O–H groups in total. The van der Waals surface area contributed by atoms with Crippen molar-refractivity contribution in [3.63, 3.8) is 0 Å². The highest BCUT2D eigenvalue weighted by Crippen LogP contribution is 2.36. The zero-order chi connectivity index (χ0) is 25.4. The second-order valence-electron chi connectivity index (χ2n) is 9.85. The topological polar surface area (TPSA) is 81.7 Å². The number of rotatable bonds is 6. The van der Waals surface area contributed by atoms with Gasteiger partial charge in [-0.2, -0.15) is 9.78 Å². The maximum atomic E-state index is 12.8. The zero-order valence-corrected chi connectivity index (χ0v) is 20.8. The first-order valence-electron chi connectivity index (χ1n) is 12.8. The zero-order valence-electron chi connectivity index (χ0n) is 20.8. The number of hydrogen-bond acceptors (Lipinski definition) is 6. The fourth-order valence-corrected chi connectivity index (χ4v) is 5.74. The van der Waals surface area contributed by atoms with Gasteiger partial charge in [-0.25, -0.2) is 4.98 Å². The van der Waals surface area contributed by atoms with E-state index >= 15 is 0 Å². The molecule has 2 atom stereocenters. The molecule has 2 aliphatic rings. The van der Waals surface area contributed by atoms with E-state index in [0.29, 0.717) is 29.3 Å². The largest absolute Gasteiger partial charge is 0.494 e. The monoisotopic (exact) mass is 495 g/mol. The minimum Gasteiger partial charge on any atom is -0.494 e. The van der Waals surface area contributed by atoms with Crippen LogP contribution in [0, 0.1) is 5.92 Å². The van der Waals surface area contributed by atoms with Crippen LogP contribution in [-0.2, 0) is 13.1 Å². The Morgan fingerprint density at radius 3 is 2.84 bits per heavy atom. The lowest BCUT2D eigenvalue weighted by Gasteiger charge is -2.43. The molecule has 6 rings (SSSR count). The lowest BCUT2D eigenvalue weighted by Crippen LogP contribution is -2.46. The number of fused-ring (bicyclic) bond motifs is 5. The van der Waals surface area contributed by atoms with Crippen molar-refractivity contribution >= 4 is 17.1 Å². The molecule has 188 valence electrons. The average Bonchev–Trinajstić information content (AvgIpc) is 2.90. The van der Waals surface area contributed by atoms with Crippen LogP contribution in [0.4, 0.5) is 0 Å². The Balaban J connectivity index is 1.26. The summed E-state index contributed by atoms with van der Waals surface area (Å²) >= 11 is 0. The molecular formula is C29H29N5O3. The van der Waals surface area contributed by atoms with E-state index in [1.807, 2.05) is 47.9 Å². The molecule has 0 aliphatic carbocycles. The van der Waals surface area contributed by atoms with Gasteiger partial charge in [-0.05, 0) is 61.2 Å². The standard InChI is InChI=1S/C29H29N5O3/c1-2-37-27-11-10-20(14-31-34-19-30-25-7-4-3-6-24(25)29(34)36)12-23(27)18-32-15-21-13-22(17-32)26-8-5-9-28(35)33(26)16-21/h3-12,14,19,21-22H,2,13,15-18H2,1H3. The third kappa shape index (κ3) is 4.60. The number of benzene rings is 2. The predicted octanol–water partition coefficient (Wildman–Crippen LogP) is 3.46. The molecule has 2 unspecified atom stereocenters. The van der Waals surface area contributed by atoms with Crippen LogP contribution in [0.15, 0.2) is 81.7 Å². The molecule has 1 saturated heterocycles. The average molecular weight is 496 g/mol. The summed E-state index contributed by atoms with van der Waals surface area (Å²) in [5.74, 6) is 1.67. The lowest BCUT2D eigenvalue weighted by atomic mass is 9.83. The minimum absolute atomic E-state index is 0.104. The number of aromatic nitrogens is 3. The lowest BCUT2D eigenvalue weighted by molar-refractivity contribution is 0.113. The summed E-state index contributed by atoms with van der Waals surface area (Å²) < 4.78 is 9.18. The van der Waals surface area contributed by atoms with Gasteiger partial charge >= 0.3 is 0 Å². The quantitative estimate of drug-likeness (QED) is 0.383. The Bertz CT molecular complexity index is 1610. The summed E-state index contributed by atoms with van der Waals surface area (Å²) in [5.41, 5.74) is 3.67. The molecule has 8 heteroatoms. The van der Waals surface area contributed by atoms with Crippen molar-refractivity contribution in [3.8, 4) is 5.75 Å². The van der Waals surface area contributed by atoms with Crippen molar-refractivity contribution in [1.82, 2.24) is 19.1 Å². The van der Waals surface area contributed by atoms with Crippen LogP contribution in [0.25, 0.3) is 10.9 Å². The van der Waals surface area contributed by atoms with E-state index < -0.39 is 0 Å². The second-order valence-corrected chi connectivity index (χ2v) is 9.85. The summed E-state index contributed by atoms with van der Waals surface area (Å²) in [7, 11) is 0. The van der Waals surface area contributed by atoms with Crippen molar-refractivity contribution in [3.05, 3.63) is 105 Å². The minimum atomic E-state index is -0.202. The first kappa shape index (κ1) is 23.4. The highest BCUT2D eigenvalue weighted by Gasteiger charge is 2.34. The van der Waals surface area contributed by atoms with Crippen molar-refractivity contribution in [1.29, 1.82) is 0 Å². The van der Waals surface area contributed by atoms with Gasteiger partial charge in [0.05, 0.1) is 23.7 Å². The number of likely N-dealkylation sites (tertiary alicyclic amines) is 1. The summed E-state index contributed by atoms with van der Waals surface area (Å²) in [6.45, 7) is 5.94. The van der Waals surface area contributed by atoms with Crippen LogP contribution < -0.4 is 15.9 Å². The molecule has 2 aromatic heterocycles. The molecule has 2 aromatic carbocycles. The Hall–Kier alpha value is -4.04. The van der Waals surface area contributed by atoms with Crippen LogP contribution in [-0.4, -0.2) is 45.0 Å². The molecule has 0 amide bonds. The molecule has 8 nitrogen and oxygen atoms in total. The fourth-order valence-electron chi connectivity index (χ4n) is 5.74. The van der Waals surface area contributed by atoms with Crippen LogP contribution in [0.1, 0.15) is 36.1 Å². The van der Waals surface area contributed by atoms with E-state index in [1.165, 1.54) is 11.0 Å². The van der Waals surface area contributed by atoms with Crippen molar-refractivity contribution < 1.29 is 4.74 Å². The van der Waals surface area contributed by atoms with Gasteiger partial charge in [0.2, 0.25) is 0 Å². The third-order valence-corrected chi connectivity index (χ3v) is 7.31. The van der Waals surface area contributed by atoms with Gasteiger partial charge in [0.1, 0.15) is 12.1 Å². The Labute approximate surface area is 214 Å². The van der Waals surface area contributed by atoms with Gasteiger partial charge in [0.15, 0.2) is 0 Å². The first-order chi connectivity index (χ1) is 18.1. The van der Waals surface area contributed by atoms with Crippen molar-refractivity contribution in [2.45, 2.75) is 32.4 Å². The van der Waals surface area contributed by atoms with Gasteiger partial charge in [-0.1, -0.05) is 18.2 Å². The summed E-state index contributed by atoms with van der Waals surface area (Å²) in [6.07, 6.45) is 4.26. The molecule has 0 spiro atoms. The van der Waals surface area contributed by atoms with E-state index in [0.717, 1.165) is 55.2 Å². The summed E-state index contributed by atoms with van der Waals surface area (Å²) in [4.78, 5) is 32.0. The number of nitrogens with zero attached hydrogens (tertiary/aromatic N) is 5. The number of ether oxygens (including phenoxy) is 1. The molecule has 2 bridgehead atoms. The molecule has 2 aliphatic heterocycles. The van der Waals surface area contributed by atoms with Gasteiger partial charge in [0, 0.05) is 49.4 Å². The van der Waals surface area contributed by atoms with E-state index in [4.69, 9.17) is 4.74 Å². The van der Waals surface area contributed by atoms with Gasteiger partial charge in [-0.3, -0.25) is 14.5 Å². The highest BCUT2D eigenvalue weighted by atomic mass is 16.5. The van der Waals surface area contributed by atoms with Crippen LogP contribution >= 0.6 is 0 Å². The predicted molar refractivity (Wildman–Crippen MR) is 143 cm³/mol. The molecule has 37 heavy (non-hydrogen) atoms. The van der Waals surface area contributed by atoms with Gasteiger partial charge < -0.3 is 9.30 Å². The number of para-hydroxylation sites is 1. The van der Waals surface area contributed by atoms with E-state index in [1.54, 1.807) is 18.3 Å². The maximum Gasteiger partial charge on any atom is 0.281 e. The van der Waals surface area contributed by atoms with E-state index in [-0.39, 0.29) is 11.1 Å². The van der Waals surface area contributed by atoms with Crippen LogP contribution in [0.2, 0.25) is 0 Å². The Morgan fingerprint density at radius 1 is 1.05 bits per heavy atom. The van der Waals surface area contributed by atoms with Gasteiger partial charge in [-0.15, -0.1) is 0 Å². The maximum absolute atomic E-state index is 12.8. The smallest absolute Gasteiger partial charge is 0.281 e. The molecule has 4 heterocycles. The molecule has 0 radical (unpaired) electrons. The van der Waals surface area contributed by atoms with Gasteiger partial charge in [0.25, 0.3) is 11.1 Å². The Morgan fingerprint density at radius 2 is 1.95 bits per heavy atom. The fraction of sp³-hybridized carbons (Fsp3) is 0.310. The Kier molecular flexibility index (Phi) is 6.18. The molecule has 1 fully saturated rings. The number of hydrogen-bond donors (Lipinski definition) is 0. The normalized spacial score (nSPS) is 19.3. The van der Waals surface area contributed by atoms with Crippen LogP contribution in [0.3, 0.4) is 0 Å². The molecule has 0 saturated carbocycles. The first-order valence-corrected chi connectivity index (χ1v) is 12.8. The highest BCUT2D eigenvalue weighted by molar-refractivity contribution is 5.81. The van der Waals surface area contributed by atoms with Crippen molar-refractivity contribution in [2.24, 2.45) is 11.0 Å². The third-order valence-electron chi connectivity index (χ3n) is 7.31. The molecular weight excluding hydrogens is 466 g/mol.